The largest absolute Gasteiger partial charge is 0.326 e. The predicted molar refractivity (Wildman–Crippen MR) is 82.6 cm³/mol. The van der Waals surface area contributed by atoms with Gasteiger partial charge in [0.15, 0.2) is 0 Å². The number of sulfonamides is 1. The molecule has 0 saturated heterocycles. The van der Waals surface area contributed by atoms with E-state index in [-0.39, 0.29) is 5.75 Å². The zero-order chi connectivity index (χ0) is 14.9. The molecule has 0 fully saturated rings. The second-order valence-corrected chi connectivity index (χ2v) is 7.23. The maximum absolute atomic E-state index is 12.6. The molecule has 2 N–H and O–H groups in total. The van der Waals surface area contributed by atoms with E-state index < -0.39 is 10.0 Å². The summed E-state index contributed by atoms with van der Waals surface area (Å²) in [5.41, 5.74) is 9.54. The molecule has 0 atom stereocenters. The number of nitrogens with zero attached hydrogens (tertiary/aromatic N) is 1. The number of hydrogen-bond donors (Lipinski definition) is 1. The molecule has 4 nitrogen and oxygen atoms in total. The Morgan fingerprint density at radius 2 is 1.43 bits per heavy atom. The minimum Gasteiger partial charge on any atom is -0.326 e. The first kappa shape index (κ1) is 14.3. The molecular formula is C16H18N2O2S. The minimum absolute atomic E-state index is 0.00830. The van der Waals surface area contributed by atoms with Gasteiger partial charge in [0.05, 0.1) is 5.75 Å². The number of benzene rings is 2. The molecule has 0 bridgehead atoms. The second kappa shape index (κ2) is 5.60. The van der Waals surface area contributed by atoms with Crippen molar-refractivity contribution in [1.82, 2.24) is 4.31 Å². The molecule has 0 saturated carbocycles. The Labute approximate surface area is 125 Å². The third-order valence-corrected chi connectivity index (χ3v) is 5.60. The zero-order valence-electron chi connectivity index (χ0n) is 11.7. The van der Waals surface area contributed by atoms with E-state index in [4.69, 9.17) is 5.73 Å². The van der Waals surface area contributed by atoms with E-state index in [1.807, 2.05) is 48.5 Å². The van der Waals surface area contributed by atoms with E-state index in [1.165, 1.54) is 0 Å². The summed E-state index contributed by atoms with van der Waals surface area (Å²) in [6.07, 6.45) is 0. The summed E-state index contributed by atoms with van der Waals surface area (Å²) in [5, 5.41) is 0. The summed E-state index contributed by atoms with van der Waals surface area (Å²) in [4.78, 5) is 0. The highest BCUT2D eigenvalue weighted by Crippen LogP contribution is 2.27. The van der Waals surface area contributed by atoms with Crippen LogP contribution in [-0.2, 0) is 35.4 Å². The number of fused-ring (bicyclic) bond motifs is 1. The van der Waals surface area contributed by atoms with Gasteiger partial charge in [-0.3, -0.25) is 0 Å². The van der Waals surface area contributed by atoms with E-state index in [2.05, 4.69) is 0 Å². The van der Waals surface area contributed by atoms with Crippen molar-refractivity contribution in [1.29, 1.82) is 0 Å². The zero-order valence-corrected chi connectivity index (χ0v) is 12.5. The van der Waals surface area contributed by atoms with Gasteiger partial charge >= 0.3 is 0 Å². The molecule has 21 heavy (non-hydrogen) atoms. The van der Waals surface area contributed by atoms with Gasteiger partial charge in [0.25, 0.3) is 0 Å². The van der Waals surface area contributed by atoms with Crippen LogP contribution in [0, 0.1) is 0 Å². The minimum atomic E-state index is -3.34. The van der Waals surface area contributed by atoms with Crippen LogP contribution in [0.2, 0.25) is 0 Å². The van der Waals surface area contributed by atoms with Crippen molar-refractivity contribution in [2.24, 2.45) is 5.73 Å². The maximum Gasteiger partial charge on any atom is 0.218 e. The Morgan fingerprint density at radius 1 is 0.905 bits per heavy atom. The first-order valence-corrected chi connectivity index (χ1v) is 8.52. The Kier molecular flexibility index (Phi) is 3.80. The van der Waals surface area contributed by atoms with Gasteiger partial charge in [-0.05, 0) is 22.3 Å². The van der Waals surface area contributed by atoms with Crippen LogP contribution in [0.5, 0.6) is 0 Å². The third-order valence-electron chi connectivity index (χ3n) is 3.88. The number of nitrogens with two attached hydrogens (primary N) is 1. The Bertz CT molecular complexity index is 731. The molecule has 0 amide bonds. The van der Waals surface area contributed by atoms with Crippen molar-refractivity contribution in [3.63, 3.8) is 0 Å². The lowest BCUT2D eigenvalue weighted by Crippen LogP contribution is -2.27. The molecular weight excluding hydrogens is 284 g/mol. The molecule has 2 aromatic carbocycles. The van der Waals surface area contributed by atoms with Crippen molar-refractivity contribution in [2.75, 3.05) is 0 Å². The van der Waals surface area contributed by atoms with E-state index in [0.717, 1.165) is 22.3 Å². The Hall–Kier alpha value is -1.69. The lowest BCUT2D eigenvalue weighted by Gasteiger charge is -2.17. The maximum atomic E-state index is 12.6. The normalized spacial score (nSPS) is 15.1. The average Bonchev–Trinajstić information content (AvgIpc) is 2.92. The van der Waals surface area contributed by atoms with Crippen molar-refractivity contribution in [2.45, 2.75) is 25.4 Å². The summed E-state index contributed by atoms with van der Waals surface area (Å²) in [6, 6.07) is 15.3. The highest BCUT2D eigenvalue weighted by atomic mass is 32.2. The van der Waals surface area contributed by atoms with Crippen LogP contribution < -0.4 is 5.73 Å². The fourth-order valence-corrected chi connectivity index (χ4v) is 4.21. The Balaban J connectivity index is 1.83. The monoisotopic (exact) mass is 302 g/mol. The molecule has 2 aromatic rings. The van der Waals surface area contributed by atoms with Gasteiger partial charge in [0.2, 0.25) is 10.0 Å². The van der Waals surface area contributed by atoms with Crippen LogP contribution in [0.4, 0.5) is 0 Å². The highest BCUT2D eigenvalue weighted by Gasteiger charge is 2.29. The van der Waals surface area contributed by atoms with Crippen molar-refractivity contribution >= 4 is 10.0 Å². The second-order valence-electron chi connectivity index (χ2n) is 5.27. The molecule has 110 valence electrons. The van der Waals surface area contributed by atoms with Gasteiger partial charge in [-0.15, -0.1) is 0 Å². The van der Waals surface area contributed by atoms with Gasteiger partial charge in [0.1, 0.15) is 0 Å². The summed E-state index contributed by atoms with van der Waals surface area (Å²) >= 11 is 0. The van der Waals surface area contributed by atoms with E-state index in [0.29, 0.717) is 19.6 Å². The lowest BCUT2D eigenvalue weighted by atomic mass is 10.1. The van der Waals surface area contributed by atoms with Crippen molar-refractivity contribution in [3.05, 3.63) is 70.8 Å². The summed E-state index contributed by atoms with van der Waals surface area (Å²) in [7, 11) is -3.34. The van der Waals surface area contributed by atoms with Crippen LogP contribution in [0.1, 0.15) is 22.3 Å². The summed E-state index contributed by atoms with van der Waals surface area (Å²) in [5.74, 6) is 0.00830. The standard InChI is InChI=1S/C16H18N2O2S/c17-9-13-5-1-4-8-16(13)12-21(19,20)18-10-14-6-2-3-7-15(14)11-18/h1-8H,9-12,17H2. The first-order valence-electron chi connectivity index (χ1n) is 6.91. The molecule has 0 radical (unpaired) electrons. The van der Waals surface area contributed by atoms with E-state index >= 15 is 0 Å². The molecule has 0 spiro atoms. The average molecular weight is 302 g/mol. The van der Waals surface area contributed by atoms with Crippen LogP contribution in [-0.4, -0.2) is 12.7 Å². The van der Waals surface area contributed by atoms with Crippen LogP contribution >= 0.6 is 0 Å². The van der Waals surface area contributed by atoms with Crippen LogP contribution in [0.3, 0.4) is 0 Å². The Morgan fingerprint density at radius 3 is 2.00 bits per heavy atom. The molecule has 3 rings (SSSR count). The topological polar surface area (TPSA) is 63.4 Å². The molecule has 0 aromatic heterocycles. The van der Waals surface area contributed by atoms with Gasteiger partial charge in [-0.25, -0.2) is 8.42 Å². The SMILES string of the molecule is NCc1ccccc1CS(=O)(=O)N1Cc2ccccc2C1. The smallest absolute Gasteiger partial charge is 0.218 e. The summed E-state index contributed by atoms with van der Waals surface area (Å²) in [6.45, 7) is 1.28. The first-order chi connectivity index (χ1) is 10.1. The fourth-order valence-electron chi connectivity index (χ4n) is 2.68. The fraction of sp³-hybridized carbons (Fsp3) is 0.250. The molecule has 0 unspecified atom stereocenters. The van der Waals surface area contributed by atoms with Crippen molar-refractivity contribution < 1.29 is 8.42 Å². The summed E-state index contributed by atoms with van der Waals surface area (Å²) < 4.78 is 26.8. The highest BCUT2D eigenvalue weighted by molar-refractivity contribution is 7.88. The van der Waals surface area contributed by atoms with Gasteiger partial charge in [-0.2, -0.15) is 4.31 Å². The quantitative estimate of drug-likeness (QED) is 0.939. The third kappa shape index (κ3) is 2.85. The lowest BCUT2D eigenvalue weighted by molar-refractivity contribution is 0.431. The number of hydrogen-bond acceptors (Lipinski definition) is 3. The van der Waals surface area contributed by atoms with Gasteiger partial charge in [-0.1, -0.05) is 48.5 Å². The van der Waals surface area contributed by atoms with Crippen LogP contribution in [0.15, 0.2) is 48.5 Å². The molecule has 1 aliphatic heterocycles. The number of rotatable bonds is 4. The van der Waals surface area contributed by atoms with Gasteiger partial charge < -0.3 is 5.73 Å². The van der Waals surface area contributed by atoms with Crippen LogP contribution in [0.25, 0.3) is 0 Å². The van der Waals surface area contributed by atoms with Gasteiger partial charge in [0, 0.05) is 19.6 Å². The predicted octanol–water partition coefficient (Wildman–Crippen LogP) is 1.99. The molecule has 1 aliphatic rings. The van der Waals surface area contributed by atoms with E-state index in [1.54, 1.807) is 4.31 Å². The van der Waals surface area contributed by atoms with Crippen molar-refractivity contribution in [3.8, 4) is 0 Å². The molecule has 5 heteroatoms. The molecule has 0 aliphatic carbocycles. The van der Waals surface area contributed by atoms with E-state index in [9.17, 15) is 8.42 Å². The molecule has 1 heterocycles.